The summed E-state index contributed by atoms with van der Waals surface area (Å²) in [5.74, 6) is 0.672. The van der Waals surface area contributed by atoms with Gasteiger partial charge in [-0.25, -0.2) is 0 Å². The standard InChI is InChI=1S/C13H16N2O3/c16-6-8-18-7-5-14-12-9-10-3-1-2-4-11(10)13(17)15-12/h1-4,9,16H,5-8H2,(H2,14,15,17). The molecule has 2 aromatic rings. The highest BCUT2D eigenvalue weighted by atomic mass is 16.5. The Balaban J connectivity index is 2.03. The lowest BCUT2D eigenvalue weighted by atomic mass is 10.2. The van der Waals surface area contributed by atoms with Crippen LogP contribution in [0.1, 0.15) is 0 Å². The molecule has 0 unspecified atom stereocenters. The van der Waals surface area contributed by atoms with Crippen molar-refractivity contribution in [2.75, 3.05) is 31.7 Å². The van der Waals surface area contributed by atoms with Gasteiger partial charge >= 0.3 is 0 Å². The minimum atomic E-state index is -0.105. The number of nitrogens with one attached hydrogen (secondary N) is 2. The van der Waals surface area contributed by atoms with E-state index in [1.165, 1.54) is 0 Å². The molecule has 2 rings (SSSR count). The first-order valence-corrected chi connectivity index (χ1v) is 5.86. The normalized spacial score (nSPS) is 10.7. The van der Waals surface area contributed by atoms with Gasteiger partial charge in [0.2, 0.25) is 0 Å². The SMILES string of the molecule is O=c1[nH]c(NCCOCCO)cc2ccccc12. The summed E-state index contributed by atoms with van der Waals surface area (Å²) in [5.41, 5.74) is -0.105. The molecule has 0 atom stereocenters. The Bertz CT molecular complexity index is 565. The lowest BCUT2D eigenvalue weighted by molar-refractivity contribution is 0.0992. The van der Waals surface area contributed by atoms with Crippen molar-refractivity contribution in [3.05, 3.63) is 40.7 Å². The highest BCUT2D eigenvalue weighted by molar-refractivity contribution is 5.83. The van der Waals surface area contributed by atoms with Gasteiger partial charge in [0.15, 0.2) is 0 Å². The molecule has 1 aromatic carbocycles. The molecule has 0 bridgehead atoms. The van der Waals surface area contributed by atoms with Crippen LogP contribution in [-0.4, -0.2) is 36.5 Å². The number of pyridine rings is 1. The number of ether oxygens (including phenoxy) is 1. The number of anilines is 1. The summed E-state index contributed by atoms with van der Waals surface area (Å²) >= 11 is 0. The van der Waals surface area contributed by atoms with Gasteiger partial charge in [0.25, 0.3) is 5.56 Å². The molecule has 0 aliphatic heterocycles. The fourth-order valence-electron chi connectivity index (χ4n) is 1.73. The van der Waals surface area contributed by atoms with Gasteiger partial charge in [-0.05, 0) is 17.5 Å². The lowest BCUT2D eigenvalue weighted by Crippen LogP contribution is -2.15. The van der Waals surface area contributed by atoms with Gasteiger partial charge in [0.1, 0.15) is 5.82 Å². The average Bonchev–Trinajstić information content (AvgIpc) is 2.39. The molecule has 0 spiro atoms. The van der Waals surface area contributed by atoms with Crippen LogP contribution in [0.25, 0.3) is 10.8 Å². The zero-order valence-corrected chi connectivity index (χ0v) is 9.98. The van der Waals surface area contributed by atoms with Crippen LogP contribution in [0.5, 0.6) is 0 Å². The highest BCUT2D eigenvalue weighted by Gasteiger charge is 2.00. The van der Waals surface area contributed by atoms with E-state index in [-0.39, 0.29) is 12.2 Å². The van der Waals surface area contributed by atoms with E-state index in [2.05, 4.69) is 10.3 Å². The summed E-state index contributed by atoms with van der Waals surface area (Å²) in [6, 6.07) is 9.33. The van der Waals surface area contributed by atoms with Gasteiger partial charge < -0.3 is 20.1 Å². The molecule has 0 radical (unpaired) electrons. The van der Waals surface area contributed by atoms with Gasteiger partial charge in [-0.3, -0.25) is 4.79 Å². The van der Waals surface area contributed by atoms with E-state index >= 15 is 0 Å². The largest absolute Gasteiger partial charge is 0.394 e. The van der Waals surface area contributed by atoms with E-state index in [9.17, 15) is 4.79 Å². The molecule has 5 nitrogen and oxygen atoms in total. The zero-order valence-electron chi connectivity index (χ0n) is 9.98. The third-order valence-electron chi connectivity index (χ3n) is 2.55. The molecular formula is C13H16N2O3. The Morgan fingerprint density at radius 1 is 1.28 bits per heavy atom. The van der Waals surface area contributed by atoms with Crippen LogP contribution >= 0.6 is 0 Å². The zero-order chi connectivity index (χ0) is 12.8. The fraction of sp³-hybridized carbons (Fsp3) is 0.308. The van der Waals surface area contributed by atoms with Gasteiger partial charge in [-0.2, -0.15) is 0 Å². The number of hydrogen-bond donors (Lipinski definition) is 3. The molecule has 3 N–H and O–H groups in total. The Labute approximate surface area is 104 Å². The number of H-pyrrole nitrogens is 1. The number of hydrogen-bond acceptors (Lipinski definition) is 4. The molecule has 0 amide bonds. The van der Waals surface area contributed by atoms with Crippen LogP contribution in [0.4, 0.5) is 5.82 Å². The van der Waals surface area contributed by atoms with Crippen LogP contribution in [0.15, 0.2) is 35.1 Å². The third kappa shape index (κ3) is 3.09. The molecule has 5 heteroatoms. The van der Waals surface area contributed by atoms with Gasteiger partial charge in [0, 0.05) is 11.9 Å². The van der Waals surface area contributed by atoms with Gasteiger partial charge in [-0.1, -0.05) is 18.2 Å². The van der Waals surface area contributed by atoms with Gasteiger partial charge in [-0.15, -0.1) is 0 Å². The number of aliphatic hydroxyl groups excluding tert-OH is 1. The van der Waals surface area contributed by atoms with Crippen molar-refractivity contribution in [3.63, 3.8) is 0 Å². The van der Waals surface area contributed by atoms with Crippen LogP contribution in [0.2, 0.25) is 0 Å². The van der Waals surface area contributed by atoms with Crippen LogP contribution in [-0.2, 0) is 4.74 Å². The molecule has 0 saturated heterocycles. The number of aromatic nitrogens is 1. The minimum Gasteiger partial charge on any atom is -0.394 e. The fourth-order valence-corrected chi connectivity index (χ4v) is 1.73. The highest BCUT2D eigenvalue weighted by Crippen LogP contribution is 2.12. The lowest BCUT2D eigenvalue weighted by Gasteiger charge is -2.07. The second-order valence-electron chi connectivity index (χ2n) is 3.86. The molecule has 0 saturated carbocycles. The first-order chi connectivity index (χ1) is 8.81. The smallest absolute Gasteiger partial charge is 0.257 e. The Morgan fingerprint density at radius 3 is 2.94 bits per heavy atom. The van der Waals surface area contributed by atoms with Crippen molar-refractivity contribution >= 4 is 16.6 Å². The maximum atomic E-state index is 11.8. The summed E-state index contributed by atoms with van der Waals surface area (Å²) in [6.07, 6.45) is 0. The number of aliphatic hydroxyl groups is 1. The summed E-state index contributed by atoms with van der Waals surface area (Å²) in [5, 5.41) is 13.2. The van der Waals surface area contributed by atoms with E-state index < -0.39 is 0 Å². The van der Waals surface area contributed by atoms with Crippen molar-refractivity contribution in [1.82, 2.24) is 4.98 Å². The number of benzene rings is 1. The van der Waals surface area contributed by atoms with Crippen LogP contribution < -0.4 is 10.9 Å². The monoisotopic (exact) mass is 248 g/mol. The Hall–Kier alpha value is -1.85. The number of rotatable bonds is 6. The Morgan fingerprint density at radius 2 is 2.11 bits per heavy atom. The van der Waals surface area contributed by atoms with Crippen LogP contribution in [0.3, 0.4) is 0 Å². The molecular weight excluding hydrogens is 232 g/mol. The second-order valence-corrected chi connectivity index (χ2v) is 3.86. The second kappa shape index (κ2) is 6.18. The molecule has 96 valence electrons. The molecule has 1 aromatic heterocycles. The van der Waals surface area contributed by atoms with E-state index in [1.807, 2.05) is 24.3 Å². The predicted molar refractivity (Wildman–Crippen MR) is 71.0 cm³/mol. The van der Waals surface area contributed by atoms with Crippen molar-refractivity contribution in [2.45, 2.75) is 0 Å². The average molecular weight is 248 g/mol. The molecule has 0 aliphatic carbocycles. The molecule has 1 heterocycles. The maximum Gasteiger partial charge on any atom is 0.257 e. The summed E-state index contributed by atoms with van der Waals surface area (Å²) in [6.45, 7) is 1.41. The summed E-state index contributed by atoms with van der Waals surface area (Å²) in [7, 11) is 0. The summed E-state index contributed by atoms with van der Waals surface area (Å²) in [4.78, 5) is 14.5. The van der Waals surface area contributed by atoms with Crippen molar-refractivity contribution < 1.29 is 9.84 Å². The molecule has 0 fully saturated rings. The van der Waals surface area contributed by atoms with Crippen LogP contribution in [0, 0.1) is 0 Å². The quantitative estimate of drug-likeness (QED) is 0.665. The van der Waals surface area contributed by atoms with Crippen molar-refractivity contribution in [3.8, 4) is 0 Å². The first-order valence-electron chi connectivity index (χ1n) is 5.86. The number of aromatic amines is 1. The van der Waals surface area contributed by atoms with E-state index in [0.717, 1.165) is 5.39 Å². The third-order valence-corrected chi connectivity index (χ3v) is 2.55. The van der Waals surface area contributed by atoms with E-state index in [4.69, 9.17) is 9.84 Å². The molecule has 0 aliphatic rings. The molecule has 18 heavy (non-hydrogen) atoms. The van der Waals surface area contributed by atoms with Gasteiger partial charge in [0.05, 0.1) is 19.8 Å². The topological polar surface area (TPSA) is 74.4 Å². The van der Waals surface area contributed by atoms with Crippen molar-refractivity contribution in [2.24, 2.45) is 0 Å². The van der Waals surface area contributed by atoms with Crippen molar-refractivity contribution in [1.29, 1.82) is 0 Å². The maximum absolute atomic E-state index is 11.8. The Kier molecular flexibility index (Phi) is 4.33. The van der Waals surface area contributed by atoms with E-state index in [1.54, 1.807) is 6.07 Å². The summed E-state index contributed by atoms with van der Waals surface area (Å²) < 4.78 is 5.12. The predicted octanol–water partition coefficient (Wildman–Crippen LogP) is 0.949. The first kappa shape index (κ1) is 12.6. The number of fused-ring (bicyclic) bond motifs is 1. The van der Waals surface area contributed by atoms with E-state index in [0.29, 0.717) is 31.0 Å². The minimum absolute atomic E-state index is 0.0206.